The van der Waals surface area contributed by atoms with Crippen LogP contribution in [-0.2, 0) is 0 Å². The fourth-order valence-electron chi connectivity index (χ4n) is 2.24. The summed E-state index contributed by atoms with van der Waals surface area (Å²) in [5, 5.41) is 0. The van der Waals surface area contributed by atoms with E-state index in [1.54, 1.807) is 0 Å². The summed E-state index contributed by atoms with van der Waals surface area (Å²) < 4.78 is 1.10. The normalized spacial score (nSPS) is 11.7. The Kier molecular flexibility index (Phi) is 15.3. The van der Waals surface area contributed by atoms with Gasteiger partial charge in [-0.15, -0.1) is 0 Å². The van der Waals surface area contributed by atoms with E-state index in [1.165, 1.54) is 71.0 Å². The summed E-state index contributed by atoms with van der Waals surface area (Å²) in [6.07, 6.45) is 11.1. The van der Waals surface area contributed by atoms with Crippen LogP contribution in [0.3, 0.4) is 0 Å². The lowest BCUT2D eigenvalue weighted by molar-refractivity contribution is -0.870. The molecule has 0 aliphatic heterocycles. The zero-order valence-corrected chi connectivity index (χ0v) is 15.6. The smallest absolute Gasteiger partial charge is 0.0780 e. The van der Waals surface area contributed by atoms with Gasteiger partial charge in [-0.1, -0.05) is 39.0 Å². The topological polar surface area (TPSA) is 3.24 Å². The lowest BCUT2D eigenvalue weighted by atomic mass is 10.1. The van der Waals surface area contributed by atoms with Crippen molar-refractivity contribution in [2.45, 2.75) is 58.3 Å². The van der Waals surface area contributed by atoms with Gasteiger partial charge in [0.25, 0.3) is 0 Å². The summed E-state index contributed by atoms with van der Waals surface area (Å²) in [5.41, 5.74) is 0. The third kappa shape index (κ3) is 18.4. The van der Waals surface area contributed by atoms with E-state index in [1.807, 2.05) is 0 Å². The molecule has 0 aromatic rings. The van der Waals surface area contributed by atoms with Gasteiger partial charge in [0.1, 0.15) is 0 Å². The molecule has 0 bridgehead atoms. The minimum atomic E-state index is 0. The van der Waals surface area contributed by atoms with Gasteiger partial charge >= 0.3 is 0 Å². The zero-order chi connectivity index (χ0) is 13.9. The standard InChI is InChI=1S/C16H37N2.BrH/c1-6-7-8-9-10-11-14-17(2)15-12-13-16-18(3,4)5;/h6-16H2,1-5H3;1H/q+1;/p-1. The monoisotopic (exact) mass is 336 g/mol. The van der Waals surface area contributed by atoms with Crippen molar-refractivity contribution in [3.8, 4) is 0 Å². The van der Waals surface area contributed by atoms with Crippen molar-refractivity contribution in [1.82, 2.24) is 4.90 Å². The Morgan fingerprint density at radius 3 is 1.74 bits per heavy atom. The van der Waals surface area contributed by atoms with Crippen LogP contribution in [0.4, 0.5) is 0 Å². The molecule has 0 N–H and O–H groups in total. The number of nitrogens with zero attached hydrogens (tertiary/aromatic N) is 2. The van der Waals surface area contributed by atoms with Gasteiger partial charge < -0.3 is 26.4 Å². The van der Waals surface area contributed by atoms with Crippen LogP contribution < -0.4 is 17.0 Å². The fourth-order valence-corrected chi connectivity index (χ4v) is 2.24. The van der Waals surface area contributed by atoms with Crippen molar-refractivity contribution in [1.29, 1.82) is 0 Å². The second-order valence-electron chi connectivity index (χ2n) is 6.79. The molecule has 0 atom stereocenters. The quantitative estimate of drug-likeness (QED) is 0.376. The maximum atomic E-state index is 2.51. The minimum Gasteiger partial charge on any atom is -1.00 e. The van der Waals surface area contributed by atoms with Gasteiger partial charge in [-0.25, -0.2) is 0 Å². The van der Waals surface area contributed by atoms with E-state index in [2.05, 4.69) is 40.0 Å². The summed E-state index contributed by atoms with van der Waals surface area (Å²) in [4.78, 5) is 2.51. The van der Waals surface area contributed by atoms with Crippen LogP contribution in [0, 0.1) is 0 Å². The molecule has 19 heavy (non-hydrogen) atoms. The van der Waals surface area contributed by atoms with Crippen molar-refractivity contribution in [3.63, 3.8) is 0 Å². The predicted octanol–water partition coefficient (Wildman–Crippen LogP) is 0.769. The Hall–Kier alpha value is 0.400. The van der Waals surface area contributed by atoms with Crippen LogP contribution in [0.1, 0.15) is 58.3 Å². The number of hydrogen-bond acceptors (Lipinski definition) is 1. The highest BCUT2D eigenvalue weighted by molar-refractivity contribution is 4.53. The Bertz CT molecular complexity index is 178. The molecule has 0 fully saturated rings. The van der Waals surface area contributed by atoms with E-state index in [-0.39, 0.29) is 17.0 Å². The molecule has 0 aliphatic carbocycles. The SMILES string of the molecule is CCCCCCCCN(C)CCCC[N+](C)(C)C.[Br-]. The van der Waals surface area contributed by atoms with E-state index < -0.39 is 0 Å². The van der Waals surface area contributed by atoms with Gasteiger partial charge in [0, 0.05) is 0 Å². The summed E-state index contributed by atoms with van der Waals surface area (Å²) >= 11 is 0. The van der Waals surface area contributed by atoms with Crippen LogP contribution in [0.5, 0.6) is 0 Å². The maximum absolute atomic E-state index is 2.51. The third-order valence-electron chi connectivity index (χ3n) is 3.51. The van der Waals surface area contributed by atoms with E-state index in [4.69, 9.17) is 0 Å². The Morgan fingerprint density at radius 2 is 1.21 bits per heavy atom. The molecular weight excluding hydrogens is 300 g/mol. The molecule has 0 saturated heterocycles. The van der Waals surface area contributed by atoms with Gasteiger partial charge in [0.05, 0.1) is 27.7 Å². The highest BCUT2D eigenvalue weighted by atomic mass is 79.9. The van der Waals surface area contributed by atoms with E-state index in [0.717, 1.165) is 4.48 Å². The fraction of sp³-hybridized carbons (Fsp3) is 1.00. The van der Waals surface area contributed by atoms with E-state index in [9.17, 15) is 0 Å². The number of hydrogen-bond donors (Lipinski definition) is 0. The molecule has 0 aromatic heterocycles. The number of rotatable bonds is 12. The molecular formula is C16H37BrN2. The molecule has 0 saturated carbocycles. The molecule has 0 unspecified atom stereocenters. The lowest BCUT2D eigenvalue weighted by Gasteiger charge is -2.24. The lowest BCUT2D eigenvalue weighted by Crippen LogP contribution is -3.00. The molecule has 0 rings (SSSR count). The largest absolute Gasteiger partial charge is 1.00 e. The molecule has 3 heteroatoms. The molecule has 0 radical (unpaired) electrons. The van der Waals surface area contributed by atoms with Crippen molar-refractivity contribution < 1.29 is 21.5 Å². The van der Waals surface area contributed by atoms with Crippen molar-refractivity contribution >= 4 is 0 Å². The Labute approximate surface area is 132 Å². The molecule has 0 amide bonds. The number of halogens is 1. The number of quaternary nitrogens is 1. The second kappa shape index (κ2) is 13.4. The Morgan fingerprint density at radius 1 is 0.737 bits per heavy atom. The highest BCUT2D eigenvalue weighted by Crippen LogP contribution is 2.06. The first-order chi connectivity index (χ1) is 8.45. The first kappa shape index (κ1) is 21.7. The summed E-state index contributed by atoms with van der Waals surface area (Å²) in [6, 6.07) is 0. The molecule has 2 nitrogen and oxygen atoms in total. The maximum Gasteiger partial charge on any atom is 0.0780 e. The number of unbranched alkanes of at least 4 members (excludes halogenated alkanes) is 6. The summed E-state index contributed by atoms with van der Waals surface area (Å²) in [5.74, 6) is 0. The van der Waals surface area contributed by atoms with Gasteiger partial charge in [0.2, 0.25) is 0 Å². The van der Waals surface area contributed by atoms with Crippen LogP contribution in [-0.4, -0.2) is 57.2 Å². The average molecular weight is 337 g/mol. The summed E-state index contributed by atoms with van der Waals surface area (Å²) in [7, 11) is 9.11. The zero-order valence-electron chi connectivity index (χ0n) is 14.1. The van der Waals surface area contributed by atoms with Crippen LogP contribution in [0.2, 0.25) is 0 Å². The first-order valence-electron chi connectivity index (χ1n) is 7.94. The van der Waals surface area contributed by atoms with Gasteiger partial charge in [-0.05, 0) is 39.4 Å². The first-order valence-corrected chi connectivity index (χ1v) is 7.94. The average Bonchev–Trinajstić information content (AvgIpc) is 2.28. The Balaban J connectivity index is 0. The van der Waals surface area contributed by atoms with E-state index in [0.29, 0.717) is 0 Å². The van der Waals surface area contributed by atoms with Gasteiger partial charge in [0.15, 0.2) is 0 Å². The molecule has 0 aromatic carbocycles. The molecule has 0 aliphatic rings. The highest BCUT2D eigenvalue weighted by Gasteiger charge is 2.06. The van der Waals surface area contributed by atoms with Crippen molar-refractivity contribution in [2.24, 2.45) is 0 Å². The summed E-state index contributed by atoms with van der Waals surface area (Å²) in [6.45, 7) is 6.14. The van der Waals surface area contributed by atoms with Crippen LogP contribution >= 0.6 is 0 Å². The third-order valence-corrected chi connectivity index (χ3v) is 3.51. The molecule has 118 valence electrons. The van der Waals surface area contributed by atoms with Gasteiger partial charge in [-0.3, -0.25) is 0 Å². The van der Waals surface area contributed by atoms with E-state index >= 15 is 0 Å². The van der Waals surface area contributed by atoms with Crippen molar-refractivity contribution in [3.05, 3.63) is 0 Å². The second-order valence-corrected chi connectivity index (χ2v) is 6.79. The molecule has 0 heterocycles. The van der Waals surface area contributed by atoms with Crippen molar-refractivity contribution in [2.75, 3.05) is 47.8 Å². The molecule has 0 spiro atoms. The van der Waals surface area contributed by atoms with Crippen LogP contribution in [0.25, 0.3) is 0 Å². The predicted molar refractivity (Wildman–Crippen MR) is 83.0 cm³/mol. The minimum absolute atomic E-state index is 0. The van der Waals surface area contributed by atoms with Crippen LogP contribution in [0.15, 0.2) is 0 Å². The van der Waals surface area contributed by atoms with Gasteiger partial charge in [-0.2, -0.15) is 0 Å².